The van der Waals surface area contributed by atoms with Crippen LogP contribution < -0.4 is 11.1 Å². The zero-order valence-corrected chi connectivity index (χ0v) is 14.7. The van der Waals surface area contributed by atoms with Gasteiger partial charge in [0.15, 0.2) is 5.13 Å². The number of amides is 1. The summed E-state index contributed by atoms with van der Waals surface area (Å²) >= 11 is 3.00. The summed E-state index contributed by atoms with van der Waals surface area (Å²) in [5.41, 5.74) is 7.08. The van der Waals surface area contributed by atoms with Gasteiger partial charge in [-0.3, -0.25) is 10.1 Å². The monoisotopic (exact) mass is 358 g/mol. The summed E-state index contributed by atoms with van der Waals surface area (Å²) in [5.74, 6) is 0.552. The molecule has 1 amide bonds. The van der Waals surface area contributed by atoms with E-state index >= 15 is 0 Å². The Kier molecular flexibility index (Phi) is 5.91. The average Bonchev–Trinajstić information content (AvgIpc) is 3.12. The first-order valence-corrected chi connectivity index (χ1v) is 8.83. The Bertz CT molecular complexity index is 655. The minimum absolute atomic E-state index is 0. The van der Waals surface area contributed by atoms with E-state index in [0.29, 0.717) is 17.4 Å². The van der Waals surface area contributed by atoms with Gasteiger partial charge in [-0.15, -0.1) is 35.1 Å². The van der Waals surface area contributed by atoms with E-state index in [0.717, 1.165) is 29.5 Å². The second-order valence-electron chi connectivity index (χ2n) is 5.19. The number of nitrogens with two attached hydrogens (primary N) is 1. The van der Waals surface area contributed by atoms with Crippen molar-refractivity contribution in [3.05, 3.63) is 26.7 Å². The lowest BCUT2D eigenvalue weighted by atomic mass is 9.89. The van der Waals surface area contributed by atoms with Crippen molar-refractivity contribution in [2.75, 3.05) is 5.32 Å². The van der Waals surface area contributed by atoms with Crippen molar-refractivity contribution in [1.29, 1.82) is 0 Å². The topological polar surface area (TPSA) is 80.9 Å². The second-order valence-corrected chi connectivity index (χ2v) is 7.22. The van der Waals surface area contributed by atoms with Gasteiger partial charge in [0.1, 0.15) is 10.7 Å². The molecule has 5 nitrogen and oxygen atoms in total. The van der Waals surface area contributed by atoms with E-state index in [4.69, 9.17) is 5.73 Å². The van der Waals surface area contributed by atoms with Gasteiger partial charge in [0.05, 0.1) is 5.69 Å². The fraction of sp³-hybridized carbons (Fsp3) is 0.500. The van der Waals surface area contributed by atoms with Crippen LogP contribution in [-0.2, 0) is 19.4 Å². The smallest absolute Gasteiger partial charge is 0.276 e. The Hall–Kier alpha value is -1.02. The van der Waals surface area contributed by atoms with Gasteiger partial charge in [-0.2, -0.15) is 0 Å². The first kappa shape index (κ1) is 17.3. The molecule has 0 spiro atoms. The van der Waals surface area contributed by atoms with Crippen LogP contribution in [0.3, 0.4) is 0 Å². The van der Waals surface area contributed by atoms with Crippen LogP contribution in [0.5, 0.6) is 0 Å². The van der Waals surface area contributed by atoms with Crippen LogP contribution in [0.15, 0.2) is 5.38 Å². The molecular formula is C14H19ClN4OS2. The maximum Gasteiger partial charge on any atom is 0.276 e. The maximum atomic E-state index is 12.1. The molecule has 0 aliphatic heterocycles. The zero-order chi connectivity index (χ0) is 14.8. The molecule has 22 heavy (non-hydrogen) atoms. The van der Waals surface area contributed by atoms with Gasteiger partial charge in [-0.05, 0) is 25.2 Å². The molecule has 1 aliphatic rings. The van der Waals surface area contributed by atoms with E-state index in [1.54, 1.807) is 16.7 Å². The summed E-state index contributed by atoms with van der Waals surface area (Å²) < 4.78 is 0. The van der Waals surface area contributed by atoms with Crippen molar-refractivity contribution in [3.63, 3.8) is 0 Å². The van der Waals surface area contributed by atoms with Gasteiger partial charge >= 0.3 is 0 Å². The van der Waals surface area contributed by atoms with Gasteiger partial charge in [0.2, 0.25) is 0 Å². The molecule has 0 fully saturated rings. The highest BCUT2D eigenvalue weighted by atomic mass is 35.5. The van der Waals surface area contributed by atoms with Crippen LogP contribution in [0.4, 0.5) is 5.13 Å². The lowest BCUT2D eigenvalue weighted by Crippen LogP contribution is -2.13. The van der Waals surface area contributed by atoms with E-state index in [-0.39, 0.29) is 18.3 Å². The third-order valence-electron chi connectivity index (χ3n) is 3.80. The molecule has 8 heteroatoms. The fourth-order valence-corrected chi connectivity index (χ4v) is 4.29. The molecule has 0 bridgehead atoms. The number of carbonyl (C=O) groups is 1. The summed E-state index contributed by atoms with van der Waals surface area (Å²) in [7, 11) is 0. The third-order valence-corrected chi connectivity index (χ3v) is 5.71. The highest BCUT2D eigenvalue weighted by molar-refractivity contribution is 7.16. The quantitative estimate of drug-likeness (QED) is 0.879. The maximum absolute atomic E-state index is 12.1. The van der Waals surface area contributed by atoms with Crippen molar-refractivity contribution in [1.82, 2.24) is 9.97 Å². The van der Waals surface area contributed by atoms with Gasteiger partial charge in [0.25, 0.3) is 5.91 Å². The van der Waals surface area contributed by atoms with Crippen molar-refractivity contribution in [2.45, 2.75) is 39.2 Å². The Morgan fingerprint density at radius 1 is 1.50 bits per heavy atom. The molecule has 3 rings (SSSR count). The Morgan fingerprint density at radius 2 is 2.32 bits per heavy atom. The molecule has 2 aromatic heterocycles. The number of carbonyl (C=O) groups excluding carboxylic acids is 1. The van der Waals surface area contributed by atoms with E-state index in [1.807, 2.05) is 0 Å². The zero-order valence-electron chi connectivity index (χ0n) is 12.3. The number of aromatic nitrogens is 2. The molecule has 1 aliphatic carbocycles. The lowest BCUT2D eigenvalue weighted by molar-refractivity contribution is 0.102. The predicted molar refractivity (Wildman–Crippen MR) is 93.1 cm³/mol. The van der Waals surface area contributed by atoms with E-state index < -0.39 is 0 Å². The van der Waals surface area contributed by atoms with Crippen molar-refractivity contribution >= 4 is 46.1 Å². The van der Waals surface area contributed by atoms with Crippen LogP contribution in [0.1, 0.15) is 45.8 Å². The largest absolute Gasteiger partial charge is 0.325 e. The number of fused-ring (bicyclic) bond motifs is 1. The van der Waals surface area contributed by atoms with Crippen molar-refractivity contribution in [2.24, 2.45) is 11.7 Å². The summed E-state index contributed by atoms with van der Waals surface area (Å²) in [4.78, 5) is 22.2. The average molecular weight is 359 g/mol. The molecule has 0 aromatic carbocycles. The Balaban J connectivity index is 0.00000176. The third kappa shape index (κ3) is 3.65. The van der Waals surface area contributed by atoms with Crippen LogP contribution in [0, 0.1) is 5.92 Å². The first-order valence-electron chi connectivity index (χ1n) is 7.14. The standard InChI is InChI=1S/C14H18N4OS2.ClH/c1-2-8-3-4-9-11(5-8)21-14(17-9)18-13(19)10-7-20-12(6-15)16-10;/h7-8H,2-6,15H2,1H3,(H,17,18,19);1H. The van der Waals surface area contributed by atoms with Crippen LogP contribution in [-0.4, -0.2) is 15.9 Å². The predicted octanol–water partition coefficient (Wildman–Crippen LogP) is 3.25. The molecular weight excluding hydrogens is 340 g/mol. The number of rotatable bonds is 4. The SMILES string of the molecule is CCC1CCc2nc(NC(=O)c3csc(CN)n3)sc2C1.Cl. The summed E-state index contributed by atoms with van der Waals surface area (Å²) in [6.07, 6.45) is 4.52. The molecule has 3 N–H and O–H groups in total. The number of halogens is 1. The minimum atomic E-state index is -0.205. The number of nitrogens with one attached hydrogen (secondary N) is 1. The molecule has 120 valence electrons. The highest BCUT2D eigenvalue weighted by Gasteiger charge is 2.22. The van der Waals surface area contributed by atoms with Crippen molar-refractivity contribution in [3.8, 4) is 0 Å². The number of aryl methyl sites for hydroxylation is 1. The van der Waals surface area contributed by atoms with Gasteiger partial charge in [0, 0.05) is 16.8 Å². The molecule has 1 unspecified atom stereocenters. The highest BCUT2D eigenvalue weighted by Crippen LogP contribution is 2.33. The van der Waals surface area contributed by atoms with Gasteiger partial charge in [-0.25, -0.2) is 9.97 Å². The fourth-order valence-electron chi connectivity index (χ4n) is 2.52. The second kappa shape index (κ2) is 7.50. The Labute approximate surface area is 143 Å². The molecule has 0 saturated heterocycles. The van der Waals surface area contributed by atoms with E-state index in [1.165, 1.54) is 29.1 Å². The Morgan fingerprint density at radius 3 is 3.00 bits per heavy atom. The number of anilines is 1. The van der Waals surface area contributed by atoms with Crippen LogP contribution in [0.2, 0.25) is 0 Å². The van der Waals surface area contributed by atoms with Crippen LogP contribution in [0.25, 0.3) is 0 Å². The van der Waals surface area contributed by atoms with Crippen LogP contribution >= 0.6 is 35.1 Å². The number of hydrogen-bond acceptors (Lipinski definition) is 6. The first-order chi connectivity index (χ1) is 10.2. The summed E-state index contributed by atoms with van der Waals surface area (Å²) in [6, 6.07) is 0. The van der Waals surface area contributed by atoms with E-state index in [9.17, 15) is 4.79 Å². The number of thiazole rings is 2. The molecule has 2 aromatic rings. The molecule has 1 atom stereocenters. The normalized spacial score (nSPS) is 16.7. The molecule has 2 heterocycles. The summed E-state index contributed by atoms with van der Waals surface area (Å²) in [5, 5.41) is 6.04. The summed E-state index contributed by atoms with van der Waals surface area (Å²) in [6.45, 7) is 2.60. The molecule has 0 saturated carbocycles. The van der Waals surface area contributed by atoms with Crippen molar-refractivity contribution < 1.29 is 4.79 Å². The van der Waals surface area contributed by atoms with E-state index in [2.05, 4.69) is 22.2 Å². The number of hydrogen-bond donors (Lipinski definition) is 2. The van der Waals surface area contributed by atoms with Gasteiger partial charge in [-0.1, -0.05) is 13.3 Å². The number of nitrogens with zero attached hydrogens (tertiary/aromatic N) is 2. The van der Waals surface area contributed by atoms with Gasteiger partial charge < -0.3 is 5.73 Å². The lowest BCUT2D eigenvalue weighted by Gasteiger charge is -2.18. The molecule has 0 radical (unpaired) electrons. The minimum Gasteiger partial charge on any atom is -0.325 e.